The maximum Gasteiger partial charge on any atom is 0.243 e. The van der Waals surface area contributed by atoms with Gasteiger partial charge in [0.15, 0.2) is 0 Å². The zero-order valence-electron chi connectivity index (χ0n) is 16.4. The lowest BCUT2D eigenvalue weighted by molar-refractivity contribution is -0.141. The van der Waals surface area contributed by atoms with Crippen LogP contribution in [0.4, 0.5) is 5.69 Å². The molecule has 152 valence electrons. The first-order valence-electron chi connectivity index (χ1n) is 10.1. The predicted octanol–water partition coefficient (Wildman–Crippen LogP) is 2.32. The number of hydrogen-bond acceptors (Lipinski definition) is 4. The molecule has 3 amide bonds. The lowest BCUT2D eigenvalue weighted by atomic mass is 9.88. The van der Waals surface area contributed by atoms with Crippen LogP contribution in [0.1, 0.15) is 44.9 Å². The number of methoxy groups -OCH3 is 1. The molecule has 0 radical (unpaired) electrons. The Morgan fingerprint density at radius 2 is 1.68 bits per heavy atom. The van der Waals surface area contributed by atoms with Crippen LogP contribution in [0.25, 0.3) is 0 Å². The maximum absolute atomic E-state index is 12.8. The Balaban J connectivity index is 1.45. The first kappa shape index (κ1) is 20.2. The smallest absolute Gasteiger partial charge is 0.243 e. The SMILES string of the molecule is COc1ccc(NC(=O)CNC(=O)CN(C(=O)C2CCCCC2)C2CC2)cc1. The fraction of sp³-hybridized carbons (Fsp3) is 0.571. The molecular formula is C21H29N3O4. The van der Waals surface area contributed by atoms with Crippen molar-refractivity contribution in [1.29, 1.82) is 0 Å². The van der Waals surface area contributed by atoms with E-state index in [0.29, 0.717) is 11.4 Å². The molecule has 0 atom stereocenters. The van der Waals surface area contributed by atoms with Crippen LogP contribution in [-0.4, -0.2) is 48.9 Å². The van der Waals surface area contributed by atoms with Gasteiger partial charge >= 0.3 is 0 Å². The maximum atomic E-state index is 12.8. The van der Waals surface area contributed by atoms with Gasteiger partial charge in [0, 0.05) is 17.6 Å². The van der Waals surface area contributed by atoms with Gasteiger partial charge in [-0.3, -0.25) is 14.4 Å². The van der Waals surface area contributed by atoms with Crippen LogP contribution in [0.2, 0.25) is 0 Å². The highest BCUT2D eigenvalue weighted by Crippen LogP contribution is 2.32. The summed E-state index contributed by atoms with van der Waals surface area (Å²) in [5.41, 5.74) is 0.632. The van der Waals surface area contributed by atoms with E-state index in [2.05, 4.69) is 10.6 Å². The molecule has 0 heterocycles. The molecular weight excluding hydrogens is 358 g/mol. The molecule has 2 fully saturated rings. The second-order valence-corrected chi connectivity index (χ2v) is 7.59. The number of amides is 3. The Bertz CT molecular complexity index is 694. The van der Waals surface area contributed by atoms with Crippen molar-refractivity contribution in [3.63, 3.8) is 0 Å². The first-order chi connectivity index (χ1) is 13.6. The third-order valence-electron chi connectivity index (χ3n) is 5.36. The third-order valence-corrected chi connectivity index (χ3v) is 5.36. The second kappa shape index (κ2) is 9.57. The van der Waals surface area contributed by atoms with Crippen LogP contribution < -0.4 is 15.4 Å². The molecule has 1 aromatic rings. The highest BCUT2D eigenvalue weighted by atomic mass is 16.5. The van der Waals surface area contributed by atoms with Crippen molar-refractivity contribution < 1.29 is 19.1 Å². The van der Waals surface area contributed by atoms with Gasteiger partial charge in [-0.2, -0.15) is 0 Å². The van der Waals surface area contributed by atoms with Gasteiger partial charge in [-0.15, -0.1) is 0 Å². The van der Waals surface area contributed by atoms with E-state index in [-0.39, 0.29) is 42.8 Å². The molecule has 0 aromatic heterocycles. The van der Waals surface area contributed by atoms with Crippen molar-refractivity contribution in [2.45, 2.75) is 51.0 Å². The van der Waals surface area contributed by atoms with Gasteiger partial charge in [-0.05, 0) is 49.9 Å². The Hall–Kier alpha value is -2.57. The zero-order chi connectivity index (χ0) is 19.9. The molecule has 3 rings (SSSR count). The van der Waals surface area contributed by atoms with Gasteiger partial charge in [-0.25, -0.2) is 0 Å². The number of benzene rings is 1. The average molecular weight is 387 g/mol. The van der Waals surface area contributed by atoms with Crippen LogP contribution >= 0.6 is 0 Å². The van der Waals surface area contributed by atoms with Gasteiger partial charge in [0.25, 0.3) is 0 Å². The number of anilines is 1. The number of carbonyl (C=O) groups excluding carboxylic acids is 3. The topological polar surface area (TPSA) is 87.7 Å². The standard InChI is InChI=1S/C21H29N3O4/c1-28-18-11-7-16(8-12-18)23-19(25)13-22-20(26)14-24(17-9-10-17)21(27)15-5-3-2-4-6-15/h7-8,11-12,15,17H,2-6,9-10,13-14H2,1H3,(H,22,26)(H,23,25). The molecule has 1 aromatic carbocycles. The van der Waals surface area contributed by atoms with E-state index < -0.39 is 0 Å². The van der Waals surface area contributed by atoms with E-state index in [1.54, 1.807) is 36.3 Å². The number of rotatable bonds is 8. The summed E-state index contributed by atoms with van der Waals surface area (Å²) in [6, 6.07) is 7.15. The van der Waals surface area contributed by atoms with E-state index in [9.17, 15) is 14.4 Å². The summed E-state index contributed by atoms with van der Waals surface area (Å²) in [5, 5.41) is 5.35. The van der Waals surface area contributed by atoms with E-state index in [0.717, 1.165) is 38.5 Å². The number of nitrogens with zero attached hydrogens (tertiary/aromatic N) is 1. The first-order valence-corrected chi connectivity index (χ1v) is 10.1. The fourth-order valence-corrected chi connectivity index (χ4v) is 3.63. The lowest BCUT2D eigenvalue weighted by Crippen LogP contribution is -2.46. The van der Waals surface area contributed by atoms with E-state index in [4.69, 9.17) is 4.74 Å². The van der Waals surface area contributed by atoms with Crippen molar-refractivity contribution in [2.75, 3.05) is 25.5 Å². The monoisotopic (exact) mass is 387 g/mol. The van der Waals surface area contributed by atoms with Gasteiger partial charge in [0.1, 0.15) is 5.75 Å². The van der Waals surface area contributed by atoms with E-state index >= 15 is 0 Å². The summed E-state index contributed by atoms with van der Waals surface area (Å²) in [6.45, 7) is -0.0865. The summed E-state index contributed by atoms with van der Waals surface area (Å²) >= 11 is 0. The van der Waals surface area contributed by atoms with E-state index in [1.165, 1.54) is 6.42 Å². The molecule has 7 heteroatoms. The summed E-state index contributed by atoms with van der Waals surface area (Å²) < 4.78 is 5.08. The van der Waals surface area contributed by atoms with Crippen LogP contribution in [-0.2, 0) is 14.4 Å². The zero-order valence-corrected chi connectivity index (χ0v) is 16.4. The van der Waals surface area contributed by atoms with Crippen LogP contribution in [0.3, 0.4) is 0 Å². The van der Waals surface area contributed by atoms with Crippen molar-refractivity contribution in [3.05, 3.63) is 24.3 Å². The molecule has 2 N–H and O–H groups in total. The van der Waals surface area contributed by atoms with E-state index in [1.807, 2.05) is 0 Å². The number of carbonyl (C=O) groups is 3. The minimum atomic E-state index is -0.310. The summed E-state index contributed by atoms with van der Waals surface area (Å²) in [4.78, 5) is 38.9. The summed E-state index contributed by atoms with van der Waals surface area (Å²) in [7, 11) is 1.58. The van der Waals surface area contributed by atoms with Gasteiger partial charge in [0.05, 0.1) is 20.2 Å². The minimum absolute atomic E-state index is 0.0375. The predicted molar refractivity (Wildman–Crippen MR) is 106 cm³/mol. The van der Waals surface area contributed by atoms with Crippen molar-refractivity contribution >= 4 is 23.4 Å². The average Bonchev–Trinajstić information content (AvgIpc) is 3.56. The quantitative estimate of drug-likeness (QED) is 0.717. The number of ether oxygens (including phenoxy) is 1. The Morgan fingerprint density at radius 3 is 2.29 bits per heavy atom. The van der Waals surface area contributed by atoms with Gasteiger partial charge in [-0.1, -0.05) is 19.3 Å². The van der Waals surface area contributed by atoms with Crippen molar-refractivity contribution in [1.82, 2.24) is 10.2 Å². The molecule has 2 saturated carbocycles. The minimum Gasteiger partial charge on any atom is -0.497 e. The van der Waals surface area contributed by atoms with Gasteiger partial charge in [0.2, 0.25) is 17.7 Å². The third kappa shape index (κ3) is 5.71. The molecule has 0 bridgehead atoms. The second-order valence-electron chi connectivity index (χ2n) is 7.59. The van der Waals surface area contributed by atoms with Crippen LogP contribution in [0.5, 0.6) is 5.75 Å². The number of hydrogen-bond donors (Lipinski definition) is 2. The highest BCUT2D eigenvalue weighted by molar-refractivity contribution is 5.95. The van der Waals surface area contributed by atoms with Crippen LogP contribution in [0.15, 0.2) is 24.3 Å². The molecule has 28 heavy (non-hydrogen) atoms. The summed E-state index contributed by atoms with van der Waals surface area (Å²) in [6.07, 6.45) is 7.14. The Labute approximate surface area is 165 Å². The molecule has 0 unspecified atom stereocenters. The Morgan fingerprint density at radius 1 is 1.00 bits per heavy atom. The molecule has 2 aliphatic rings. The lowest BCUT2D eigenvalue weighted by Gasteiger charge is -2.29. The Kier molecular flexibility index (Phi) is 6.90. The molecule has 7 nitrogen and oxygen atoms in total. The normalized spacial score (nSPS) is 16.9. The molecule has 2 aliphatic carbocycles. The largest absolute Gasteiger partial charge is 0.497 e. The van der Waals surface area contributed by atoms with Gasteiger partial charge < -0.3 is 20.3 Å². The highest BCUT2D eigenvalue weighted by Gasteiger charge is 2.37. The molecule has 0 spiro atoms. The summed E-state index contributed by atoms with van der Waals surface area (Å²) in [5.74, 6) is 0.269. The van der Waals surface area contributed by atoms with Crippen molar-refractivity contribution in [2.24, 2.45) is 5.92 Å². The van der Waals surface area contributed by atoms with Crippen molar-refractivity contribution in [3.8, 4) is 5.75 Å². The number of nitrogens with one attached hydrogen (secondary N) is 2. The molecule has 0 saturated heterocycles. The van der Waals surface area contributed by atoms with Crippen LogP contribution in [0, 0.1) is 5.92 Å². The molecule has 0 aliphatic heterocycles. The fourth-order valence-electron chi connectivity index (χ4n) is 3.63.